The zero-order valence-corrected chi connectivity index (χ0v) is 26.0. The maximum Gasteiger partial charge on any atom is 0.323 e. The summed E-state index contributed by atoms with van der Waals surface area (Å²) < 4.78 is 12.1. The van der Waals surface area contributed by atoms with Crippen LogP contribution in [0.15, 0.2) is 83.2 Å². The normalized spacial score (nSPS) is 19.6. The van der Waals surface area contributed by atoms with Gasteiger partial charge in [-0.3, -0.25) is 14.4 Å². The van der Waals surface area contributed by atoms with Crippen LogP contribution in [0.4, 0.5) is 0 Å². The fourth-order valence-electron chi connectivity index (χ4n) is 7.26. The van der Waals surface area contributed by atoms with Crippen molar-refractivity contribution in [1.82, 2.24) is 4.90 Å². The van der Waals surface area contributed by atoms with E-state index in [9.17, 15) is 19.5 Å². The molecule has 3 aromatic rings. The van der Waals surface area contributed by atoms with Gasteiger partial charge >= 0.3 is 5.97 Å². The van der Waals surface area contributed by atoms with Gasteiger partial charge in [-0.2, -0.15) is 0 Å². The number of carboxylic acids is 1. The van der Waals surface area contributed by atoms with Crippen molar-refractivity contribution in [1.29, 1.82) is 0 Å². The Hall–Kier alpha value is -4.39. The lowest BCUT2D eigenvalue weighted by molar-refractivity contribution is -0.138. The summed E-state index contributed by atoms with van der Waals surface area (Å²) in [4.78, 5) is 41.8. The van der Waals surface area contributed by atoms with E-state index in [4.69, 9.17) is 9.47 Å². The standard InChI is InChI=1S/C37H39NO6/c1-36(2)16-26-34(28(39)18-36)33(35-27(38(26)20-32(41)42)17-37(3,4)19-29(35)40)23-13-14-30(31(15-23)43-5)44-21-24-11-8-10-22-9-6-7-12-25(22)24/h6-15,33H,16-21H2,1-5H3,(H,41,42). The quantitative estimate of drug-likeness (QED) is 0.310. The van der Waals surface area contributed by atoms with E-state index in [1.165, 1.54) is 0 Å². The number of methoxy groups -OCH3 is 1. The molecule has 0 unspecified atom stereocenters. The minimum atomic E-state index is -0.997. The van der Waals surface area contributed by atoms with Crippen molar-refractivity contribution in [3.05, 3.63) is 94.3 Å². The Morgan fingerprint density at radius 3 is 2.07 bits per heavy atom. The van der Waals surface area contributed by atoms with Gasteiger partial charge in [-0.25, -0.2) is 0 Å². The van der Waals surface area contributed by atoms with E-state index in [0.29, 0.717) is 54.9 Å². The van der Waals surface area contributed by atoms with Crippen LogP contribution in [0.25, 0.3) is 10.8 Å². The Morgan fingerprint density at radius 2 is 1.45 bits per heavy atom. The van der Waals surface area contributed by atoms with Gasteiger partial charge in [-0.05, 0) is 57.7 Å². The molecule has 6 rings (SSSR count). The number of ketones is 2. The number of aliphatic carboxylic acids is 1. The number of ether oxygens (including phenoxy) is 2. The summed E-state index contributed by atoms with van der Waals surface area (Å²) in [5.41, 5.74) is 3.65. The van der Waals surface area contributed by atoms with Gasteiger partial charge in [-0.1, -0.05) is 76.2 Å². The Bertz CT molecular complexity index is 1700. The molecule has 1 N–H and O–H groups in total. The molecule has 0 atom stereocenters. The number of fused-ring (bicyclic) bond motifs is 1. The lowest BCUT2D eigenvalue weighted by Gasteiger charge is -2.48. The topological polar surface area (TPSA) is 93.1 Å². The third-order valence-electron chi connectivity index (χ3n) is 9.10. The maximum atomic E-state index is 13.9. The van der Waals surface area contributed by atoms with Crippen molar-refractivity contribution < 1.29 is 29.0 Å². The Morgan fingerprint density at radius 1 is 0.841 bits per heavy atom. The number of Topliss-reactive ketones (excluding diaryl/α,β-unsaturated/α-hetero) is 2. The molecule has 0 radical (unpaired) electrons. The van der Waals surface area contributed by atoms with Crippen LogP contribution in [-0.4, -0.2) is 41.2 Å². The van der Waals surface area contributed by atoms with Crippen molar-refractivity contribution in [2.75, 3.05) is 13.7 Å². The first-order valence-corrected chi connectivity index (χ1v) is 15.2. The smallest absolute Gasteiger partial charge is 0.323 e. The molecule has 3 aliphatic rings. The van der Waals surface area contributed by atoms with Gasteiger partial charge in [0, 0.05) is 41.3 Å². The molecule has 0 spiro atoms. The third kappa shape index (κ3) is 5.40. The summed E-state index contributed by atoms with van der Waals surface area (Å²) in [7, 11) is 1.58. The second kappa shape index (κ2) is 11.0. The number of allylic oxidation sites excluding steroid dienone is 4. The molecule has 1 aliphatic heterocycles. The third-order valence-corrected chi connectivity index (χ3v) is 9.10. The predicted molar refractivity (Wildman–Crippen MR) is 168 cm³/mol. The van der Waals surface area contributed by atoms with Gasteiger partial charge in [0.25, 0.3) is 0 Å². The van der Waals surface area contributed by atoms with Crippen LogP contribution in [0.5, 0.6) is 11.5 Å². The van der Waals surface area contributed by atoms with Gasteiger partial charge in [0.2, 0.25) is 0 Å². The lowest BCUT2D eigenvalue weighted by Crippen LogP contribution is -2.45. The minimum absolute atomic E-state index is 0.0453. The summed E-state index contributed by atoms with van der Waals surface area (Å²) in [6, 6.07) is 19.9. The van der Waals surface area contributed by atoms with Crippen LogP contribution in [0.3, 0.4) is 0 Å². The highest BCUT2D eigenvalue weighted by molar-refractivity contribution is 6.07. The van der Waals surface area contributed by atoms with Crippen molar-refractivity contribution in [2.24, 2.45) is 10.8 Å². The van der Waals surface area contributed by atoms with E-state index < -0.39 is 11.9 Å². The molecular formula is C37H39NO6. The molecule has 0 aromatic heterocycles. The Labute approximate surface area is 258 Å². The highest BCUT2D eigenvalue weighted by Crippen LogP contribution is 2.54. The van der Waals surface area contributed by atoms with Gasteiger partial charge in [0.05, 0.1) is 7.11 Å². The van der Waals surface area contributed by atoms with Gasteiger partial charge in [-0.15, -0.1) is 0 Å². The predicted octanol–water partition coefficient (Wildman–Crippen LogP) is 7.20. The number of hydrogen-bond acceptors (Lipinski definition) is 6. The van der Waals surface area contributed by atoms with E-state index >= 15 is 0 Å². The molecule has 0 saturated heterocycles. The van der Waals surface area contributed by atoms with E-state index in [1.54, 1.807) is 12.0 Å². The molecule has 7 heteroatoms. The number of carboxylic acid groups (broad SMARTS) is 1. The highest BCUT2D eigenvalue weighted by Gasteiger charge is 2.49. The second-order valence-electron chi connectivity index (χ2n) is 13.9. The van der Waals surface area contributed by atoms with Gasteiger partial charge in [0.1, 0.15) is 13.2 Å². The van der Waals surface area contributed by atoms with Crippen LogP contribution < -0.4 is 9.47 Å². The number of carbonyl (C=O) groups is 3. The fraction of sp³-hybridized carbons (Fsp3) is 0.378. The van der Waals surface area contributed by atoms with E-state index in [2.05, 4.69) is 18.2 Å². The number of carbonyl (C=O) groups excluding carboxylic acids is 2. The molecule has 2 aliphatic carbocycles. The number of rotatable bonds is 7. The second-order valence-corrected chi connectivity index (χ2v) is 13.9. The summed E-state index contributed by atoms with van der Waals surface area (Å²) in [5.74, 6) is -0.621. The average Bonchev–Trinajstić information content (AvgIpc) is 2.95. The number of benzene rings is 3. The monoisotopic (exact) mass is 593 g/mol. The van der Waals surface area contributed by atoms with Crippen molar-refractivity contribution in [3.8, 4) is 11.5 Å². The molecule has 44 heavy (non-hydrogen) atoms. The highest BCUT2D eigenvalue weighted by atomic mass is 16.5. The first kappa shape index (κ1) is 29.7. The molecule has 0 saturated carbocycles. The zero-order chi connectivity index (χ0) is 31.4. The fourth-order valence-corrected chi connectivity index (χ4v) is 7.26. The van der Waals surface area contributed by atoms with Crippen LogP contribution in [0, 0.1) is 10.8 Å². The van der Waals surface area contributed by atoms with Gasteiger partial charge in [0.15, 0.2) is 23.1 Å². The molecule has 0 fully saturated rings. The average molecular weight is 594 g/mol. The number of hydrogen-bond donors (Lipinski definition) is 1. The largest absolute Gasteiger partial charge is 0.493 e. The molecular weight excluding hydrogens is 554 g/mol. The molecule has 3 aromatic carbocycles. The summed E-state index contributed by atoms with van der Waals surface area (Å²) >= 11 is 0. The van der Waals surface area contributed by atoms with Crippen molar-refractivity contribution >= 4 is 28.3 Å². The zero-order valence-electron chi connectivity index (χ0n) is 26.0. The van der Waals surface area contributed by atoms with E-state index in [1.807, 2.05) is 70.2 Å². The molecule has 0 bridgehead atoms. The minimum Gasteiger partial charge on any atom is -0.493 e. The molecule has 1 heterocycles. The van der Waals surface area contributed by atoms with Crippen LogP contribution in [0.2, 0.25) is 0 Å². The molecule has 7 nitrogen and oxygen atoms in total. The summed E-state index contributed by atoms with van der Waals surface area (Å²) in [6.07, 6.45) is 1.75. The van der Waals surface area contributed by atoms with E-state index in [0.717, 1.165) is 33.3 Å². The van der Waals surface area contributed by atoms with Crippen molar-refractivity contribution in [3.63, 3.8) is 0 Å². The van der Waals surface area contributed by atoms with Gasteiger partial charge < -0.3 is 19.5 Å². The van der Waals surface area contributed by atoms with Crippen LogP contribution in [-0.2, 0) is 21.0 Å². The number of nitrogens with zero attached hydrogens (tertiary/aromatic N) is 1. The summed E-state index contributed by atoms with van der Waals surface area (Å²) in [6.45, 7) is 8.19. The van der Waals surface area contributed by atoms with Crippen LogP contribution in [0.1, 0.15) is 70.4 Å². The first-order valence-electron chi connectivity index (χ1n) is 15.2. The lowest BCUT2D eigenvalue weighted by atomic mass is 9.63. The summed E-state index contributed by atoms with van der Waals surface area (Å²) in [5, 5.41) is 12.2. The molecule has 228 valence electrons. The Balaban J connectivity index is 1.44. The molecule has 0 amide bonds. The maximum absolute atomic E-state index is 13.9. The van der Waals surface area contributed by atoms with E-state index in [-0.39, 0.29) is 28.9 Å². The Kier molecular flexibility index (Phi) is 7.39. The SMILES string of the molecule is COc1cc(C2C3=C(CC(C)(C)CC3=O)N(CC(=O)O)C3=C2C(=O)CC(C)(C)C3)ccc1OCc1cccc2ccccc12. The first-order chi connectivity index (χ1) is 20.9. The van der Waals surface area contributed by atoms with Crippen molar-refractivity contribution in [2.45, 2.75) is 65.9 Å². The van der Waals surface area contributed by atoms with Crippen LogP contribution >= 0.6 is 0 Å².